The highest BCUT2D eigenvalue weighted by molar-refractivity contribution is 5.79. The molecule has 1 heterocycles. The van der Waals surface area contributed by atoms with Crippen molar-refractivity contribution in [1.82, 2.24) is 9.80 Å². The molecular weight excluding hydrogens is 387 g/mol. The Kier molecular flexibility index (Phi) is 7.05. The molecule has 2 unspecified atom stereocenters. The first-order valence-corrected chi connectivity index (χ1v) is 9.95. The molecule has 0 spiro atoms. The summed E-state index contributed by atoms with van der Waals surface area (Å²) in [6.07, 6.45) is 0.728. The molecule has 2 aromatic rings. The van der Waals surface area contributed by atoms with Crippen molar-refractivity contribution in [3.8, 4) is 11.5 Å². The molecule has 1 aliphatic rings. The molecule has 0 N–H and O–H groups in total. The Balaban J connectivity index is 1.58. The Bertz CT molecular complexity index is 887. The average Bonchev–Trinajstić information content (AvgIpc) is 2.75. The summed E-state index contributed by atoms with van der Waals surface area (Å²) in [5.74, 6) is 0.496. The first-order valence-electron chi connectivity index (χ1n) is 9.95. The van der Waals surface area contributed by atoms with Crippen LogP contribution in [0, 0.1) is 5.82 Å². The van der Waals surface area contributed by atoms with E-state index < -0.39 is 0 Å². The quantitative estimate of drug-likeness (QED) is 0.652. The SMILES string of the molecule is COc1cc(C=O)ccc1OCC(=O)N1CC(C)N(Cc2ccc(F)cc2)CC1C. The van der Waals surface area contributed by atoms with Crippen LogP contribution in [0.25, 0.3) is 0 Å². The van der Waals surface area contributed by atoms with Crippen LogP contribution in [0.4, 0.5) is 4.39 Å². The van der Waals surface area contributed by atoms with E-state index in [4.69, 9.17) is 9.47 Å². The smallest absolute Gasteiger partial charge is 0.260 e. The van der Waals surface area contributed by atoms with E-state index in [-0.39, 0.29) is 30.4 Å². The number of benzene rings is 2. The normalized spacial score (nSPS) is 19.4. The van der Waals surface area contributed by atoms with E-state index in [9.17, 15) is 14.0 Å². The monoisotopic (exact) mass is 414 g/mol. The van der Waals surface area contributed by atoms with Gasteiger partial charge in [-0.25, -0.2) is 4.39 Å². The highest BCUT2D eigenvalue weighted by atomic mass is 19.1. The molecule has 0 bridgehead atoms. The third-order valence-electron chi connectivity index (χ3n) is 5.41. The predicted molar refractivity (Wildman–Crippen MR) is 111 cm³/mol. The van der Waals surface area contributed by atoms with Crippen LogP contribution in [-0.4, -0.2) is 60.9 Å². The van der Waals surface area contributed by atoms with E-state index in [1.165, 1.54) is 19.2 Å². The zero-order chi connectivity index (χ0) is 21.7. The van der Waals surface area contributed by atoms with Crippen molar-refractivity contribution in [2.24, 2.45) is 0 Å². The van der Waals surface area contributed by atoms with Gasteiger partial charge >= 0.3 is 0 Å². The van der Waals surface area contributed by atoms with E-state index in [1.54, 1.807) is 30.3 Å². The van der Waals surface area contributed by atoms with E-state index in [0.29, 0.717) is 30.2 Å². The number of hydrogen-bond acceptors (Lipinski definition) is 5. The number of amides is 1. The molecule has 1 amide bonds. The van der Waals surface area contributed by atoms with Gasteiger partial charge in [-0.3, -0.25) is 14.5 Å². The lowest BCUT2D eigenvalue weighted by Gasteiger charge is -2.44. The summed E-state index contributed by atoms with van der Waals surface area (Å²) in [7, 11) is 1.49. The molecule has 0 radical (unpaired) electrons. The van der Waals surface area contributed by atoms with E-state index in [2.05, 4.69) is 11.8 Å². The second-order valence-electron chi connectivity index (χ2n) is 7.62. The van der Waals surface area contributed by atoms with Crippen LogP contribution in [0.1, 0.15) is 29.8 Å². The molecule has 2 atom stereocenters. The van der Waals surface area contributed by atoms with Gasteiger partial charge in [-0.1, -0.05) is 12.1 Å². The van der Waals surface area contributed by atoms with E-state index in [0.717, 1.165) is 18.4 Å². The summed E-state index contributed by atoms with van der Waals surface area (Å²) in [4.78, 5) is 27.8. The van der Waals surface area contributed by atoms with Gasteiger partial charge < -0.3 is 14.4 Å². The third kappa shape index (κ3) is 5.16. The van der Waals surface area contributed by atoms with E-state index >= 15 is 0 Å². The first-order chi connectivity index (χ1) is 14.4. The molecular formula is C23H27FN2O4. The van der Waals surface area contributed by atoms with Gasteiger partial charge in [-0.05, 0) is 49.7 Å². The van der Waals surface area contributed by atoms with Crippen LogP contribution in [0.5, 0.6) is 11.5 Å². The number of carbonyl (C=O) groups excluding carboxylic acids is 2. The summed E-state index contributed by atoms with van der Waals surface area (Å²) in [6, 6.07) is 11.5. The molecule has 160 valence electrons. The van der Waals surface area contributed by atoms with Gasteiger partial charge in [0.05, 0.1) is 7.11 Å². The number of aldehydes is 1. The number of ether oxygens (including phenoxy) is 2. The molecule has 1 fully saturated rings. The van der Waals surface area contributed by atoms with Gasteiger partial charge in [0.25, 0.3) is 5.91 Å². The number of carbonyl (C=O) groups is 2. The number of nitrogens with zero attached hydrogens (tertiary/aromatic N) is 2. The largest absolute Gasteiger partial charge is 0.493 e. The van der Waals surface area contributed by atoms with Gasteiger partial charge in [0.2, 0.25) is 0 Å². The van der Waals surface area contributed by atoms with Crippen molar-refractivity contribution in [3.05, 3.63) is 59.4 Å². The number of hydrogen-bond donors (Lipinski definition) is 0. The lowest BCUT2D eigenvalue weighted by Crippen LogP contribution is -2.58. The summed E-state index contributed by atoms with van der Waals surface area (Å²) < 4.78 is 24.1. The molecule has 3 rings (SSSR count). The second-order valence-corrected chi connectivity index (χ2v) is 7.62. The van der Waals surface area contributed by atoms with Crippen molar-refractivity contribution >= 4 is 12.2 Å². The fourth-order valence-electron chi connectivity index (χ4n) is 3.69. The van der Waals surface area contributed by atoms with Crippen LogP contribution in [-0.2, 0) is 11.3 Å². The summed E-state index contributed by atoms with van der Waals surface area (Å²) in [6.45, 7) is 6.02. The van der Waals surface area contributed by atoms with Crippen LogP contribution in [0.15, 0.2) is 42.5 Å². The van der Waals surface area contributed by atoms with Crippen molar-refractivity contribution in [1.29, 1.82) is 0 Å². The molecule has 1 saturated heterocycles. The Morgan fingerprint density at radius 3 is 2.50 bits per heavy atom. The summed E-state index contributed by atoms with van der Waals surface area (Å²) >= 11 is 0. The molecule has 2 aromatic carbocycles. The first kappa shape index (κ1) is 21.8. The molecule has 7 heteroatoms. The second kappa shape index (κ2) is 9.71. The van der Waals surface area contributed by atoms with Crippen LogP contribution >= 0.6 is 0 Å². The lowest BCUT2D eigenvalue weighted by molar-refractivity contribution is -0.139. The van der Waals surface area contributed by atoms with Gasteiger partial charge in [0, 0.05) is 37.3 Å². The summed E-state index contributed by atoms with van der Waals surface area (Å²) in [5.41, 5.74) is 1.52. The molecule has 6 nitrogen and oxygen atoms in total. The topological polar surface area (TPSA) is 59.1 Å². The molecule has 0 aliphatic carbocycles. The van der Waals surface area contributed by atoms with Gasteiger partial charge in [-0.2, -0.15) is 0 Å². The Hall–Kier alpha value is -2.93. The zero-order valence-corrected chi connectivity index (χ0v) is 17.5. The van der Waals surface area contributed by atoms with Crippen molar-refractivity contribution < 1.29 is 23.5 Å². The number of halogens is 1. The average molecular weight is 414 g/mol. The lowest BCUT2D eigenvalue weighted by atomic mass is 10.1. The number of methoxy groups -OCH3 is 1. The van der Waals surface area contributed by atoms with Gasteiger partial charge in [-0.15, -0.1) is 0 Å². The maximum atomic E-state index is 13.1. The zero-order valence-electron chi connectivity index (χ0n) is 17.5. The van der Waals surface area contributed by atoms with Crippen LogP contribution in [0.3, 0.4) is 0 Å². The standard InChI is InChI=1S/C23H27FN2O4/c1-16-12-26(17(2)11-25(16)13-18-4-7-20(24)8-5-18)23(28)15-30-21-9-6-19(14-27)10-22(21)29-3/h4-10,14,16-17H,11-13,15H2,1-3H3. The Morgan fingerprint density at radius 1 is 1.10 bits per heavy atom. The molecule has 1 aliphatic heterocycles. The third-order valence-corrected chi connectivity index (χ3v) is 5.41. The highest BCUT2D eigenvalue weighted by Crippen LogP contribution is 2.28. The van der Waals surface area contributed by atoms with Gasteiger partial charge in [0.1, 0.15) is 12.1 Å². The molecule has 30 heavy (non-hydrogen) atoms. The molecule has 0 aromatic heterocycles. The number of rotatable bonds is 7. The highest BCUT2D eigenvalue weighted by Gasteiger charge is 2.32. The predicted octanol–water partition coefficient (Wildman–Crippen LogP) is 3.15. The van der Waals surface area contributed by atoms with Crippen molar-refractivity contribution in [2.75, 3.05) is 26.8 Å². The van der Waals surface area contributed by atoms with Crippen LogP contribution < -0.4 is 9.47 Å². The van der Waals surface area contributed by atoms with E-state index in [1.807, 2.05) is 11.8 Å². The van der Waals surface area contributed by atoms with Crippen molar-refractivity contribution in [2.45, 2.75) is 32.5 Å². The number of piperazine rings is 1. The maximum Gasteiger partial charge on any atom is 0.260 e. The van der Waals surface area contributed by atoms with Crippen molar-refractivity contribution in [3.63, 3.8) is 0 Å². The summed E-state index contributed by atoms with van der Waals surface area (Å²) in [5, 5.41) is 0. The minimum absolute atomic E-state index is 0.0251. The fraction of sp³-hybridized carbons (Fsp3) is 0.391. The Labute approximate surface area is 176 Å². The maximum absolute atomic E-state index is 13.1. The fourth-order valence-corrected chi connectivity index (χ4v) is 3.69. The Morgan fingerprint density at radius 2 is 1.83 bits per heavy atom. The minimum Gasteiger partial charge on any atom is -0.493 e. The van der Waals surface area contributed by atoms with Gasteiger partial charge in [0.15, 0.2) is 18.1 Å². The minimum atomic E-state index is -0.243. The molecule has 0 saturated carbocycles. The van der Waals surface area contributed by atoms with Crippen LogP contribution in [0.2, 0.25) is 0 Å².